The maximum atomic E-state index is 10.6. The highest BCUT2D eigenvalue weighted by atomic mass is 32.1. The molecular formula is C11H13N5O2S. The normalized spacial score (nSPS) is 10.7. The average Bonchev–Trinajstić information content (AvgIpc) is 2.86. The number of hydrogen-bond donors (Lipinski definition) is 2. The molecule has 0 radical (unpaired) electrons. The molecule has 0 amide bonds. The largest absolute Gasteiger partial charge is 0.476 e. The molecule has 0 saturated heterocycles. The molecule has 0 aromatic carbocycles. The van der Waals surface area contributed by atoms with Crippen molar-refractivity contribution >= 4 is 23.1 Å². The molecule has 0 bridgehead atoms. The SMILES string of the molecule is CC(C)c1nnc(CNc2cnc(C(=O)O)cn2)s1. The fourth-order valence-electron chi connectivity index (χ4n) is 1.27. The third-order valence-electron chi connectivity index (χ3n) is 2.27. The molecule has 2 N–H and O–H groups in total. The van der Waals surface area contributed by atoms with Crippen LogP contribution >= 0.6 is 11.3 Å². The predicted octanol–water partition coefficient (Wildman–Crippen LogP) is 1.76. The number of aromatic carboxylic acids is 1. The lowest BCUT2D eigenvalue weighted by Crippen LogP contribution is -2.05. The van der Waals surface area contributed by atoms with Gasteiger partial charge in [-0.25, -0.2) is 14.8 Å². The number of rotatable bonds is 5. The minimum atomic E-state index is -1.09. The molecule has 100 valence electrons. The third-order valence-corrected chi connectivity index (χ3v) is 3.49. The summed E-state index contributed by atoms with van der Waals surface area (Å²) in [6.07, 6.45) is 2.60. The molecule has 0 aliphatic carbocycles. The van der Waals surface area contributed by atoms with Gasteiger partial charge in [-0.3, -0.25) is 0 Å². The van der Waals surface area contributed by atoms with Crippen molar-refractivity contribution in [2.24, 2.45) is 0 Å². The van der Waals surface area contributed by atoms with Crippen molar-refractivity contribution < 1.29 is 9.90 Å². The van der Waals surface area contributed by atoms with Gasteiger partial charge in [-0.05, 0) is 0 Å². The van der Waals surface area contributed by atoms with Crippen LogP contribution in [0.4, 0.5) is 5.82 Å². The number of nitrogens with one attached hydrogen (secondary N) is 1. The van der Waals surface area contributed by atoms with E-state index in [1.165, 1.54) is 12.4 Å². The highest BCUT2D eigenvalue weighted by Gasteiger charge is 2.08. The van der Waals surface area contributed by atoms with Crippen LogP contribution in [0, 0.1) is 0 Å². The number of carbonyl (C=O) groups is 1. The lowest BCUT2D eigenvalue weighted by molar-refractivity contribution is 0.0690. The molecule has 0 saturated carbocycles. The van der Waals surface area contributed by atoms with Gasteiger partial charge in [-0.2, -0.15) is 0 Å². The Kier molecular flexibility index (Phi) is 4.00. The van der Waals surface area contributed by atoms with Gasteiger partial charge in [0.15, 0.2) is 5.69 Å². The van der Waals surface area contributed by atoms with Crippen molar-refractivity contribution in [2.45, 2.75) is 26.3 Å². The first-order chi connectivity index (χ1) is 9.06. The Labute approximate surface area is 113 Å². The summed E-state index contributed by atoms with van der Waals surface area (Å²) >= 11 is 1.54. The fourth-order valence-corrected chi connectivity index (χ4v) is 2.05. The van der Waals surface area contributed by atoms with E-state index in [9.17, 15) is 4.79 Å². The number of carboxylic acids is 1. The summed E-state index contributed by atoms with van der Waals surface area (Å²) in [5, 5.41) is 21.7. The highest BCUT2D eigenvalue weighted by Crippen LogP contribution is 2.19. The van der Waals surface area contributed by atoms with Crippen molar-refractivity contribution in [1.82, 2.24) is 20.2 Å². The molecule has 8 heteroatoms. The molecule has 2 aromatic rings. The third kappa shape index (κ3) is 3.44. The molecule has 0 spiro atoms. The van der Waals surface area contributed by atoms with Gasteiger partial charge in [0.2, 0.25) is 0 Å². The molecule has 0 unspecified atom stereocenters. The molecule has 2 aromatic heterocycles. The molecule has 2 rings (SSSR count). The summed E-state index contributed by atoms with van der Waals surface area (Å²) in [7, 11) is 0. The van der Waals surface area contributed by atoms with E-state index >= 15 is 0 Å². The summed E-state index contributed by atoms with van der Waals surface area (Å²) in [5.74, 6) is -0.225. The van der Waals surface area contributed by atoms with E-state index in [1.54, 1.807) is 11.3 Å². The van der Waals surface area contributed by atoms with Crippen molar-refractivity contribution in [3.8, 4) is 0 Å². The molecule has 0 aliphatic heterocycles. The topological polar surface area (TPSA) is 101 Å². The Bertz CT molecular complexity index is 567. The van der Waals surface area contributed by atoms with E-state index in [0.717, 1.165) is 10.0 Å². The number of anilines is 1. The quantitative estimate of drug-likeness (QED) is 0.859. The Morgan fingerprint density at radius 2 is 2.16 bits per heavy atom. The number of carboxylic acid groups (broad SMARTS) is 1. The van der Waals surface area contributed by atoms with Gasteiger partial charge in [-0.15, -0.1) is 10.2 Å². The van der Waals surface area contributed by atoms with Crippen LogP contribution in [0.1, 0.15) is 40.3 Å². The smallest absolute Gasteiger partial charge is 0.356 e. The van der Waals surface area contributed by atoms with Crippen molar-refractivity contribution in [1.29, 1.82) is 0 Å². The molecule has 0 aliphatic rings. The van der Waals surface area contributed by atoms with Gasteiger partial charge in [0.1, 0.15) is 15.8 Å². The van der Waals surface area contributed by atoms with E-state index in [4.69, 9.17) is 5.11 Å². The standard InChI is InChI=1S/C11H13N5O2S/c1-6(2)10-16-15-9(19-10)5-14-8-4-12-7(3-13-8)11(17)18/h3-4,6H,5H2,1-2H3,(H,13,14)(H,17,18). The summed E-state index contributed by atoms with van der Waals surface area (Å²) < 4.78 is 0. The van der Waals surface area contributed by atoms with Crippen LogP contribution in [-0.2, 0) is 6.54 Å². The summed E-state index contributed by atoms with van der Waals surface area (Å²) in [6.45, 7) is 4.62. The number of hydrogen-bond acceptors (Lipinski definition) is 7. The molecule has 2 heterocycles. The van der Waals surface area contributed by atoms with Crippen LogP contribution in [0.25, 0.3) is 0 Å². The zero-order valence-corrected chi connectivity index (χ0v) is 11.3. The second-order valence-electron chi connectivity index (χ2n) is 4.13. The Morgan fingerprint density at radius 3 is 2.68 bits per heavy atom. The van der Waals surface area contributed by atoms with Crippen molar-refractivity contribution in [2.75, 3.05) is 5.32 Å². The summed E-state index contributed by atoms with van der Waals surface area (Å²) in [5.41, 5.74) is -0.0800. The zero-order chi connectivity index (χ0) is 13.8. The fraction of sp³-hybridized carbons (Fsp3) is 0.364. The first kappa shape index (κ1) is 13.3. The lowest BCUT2D eigenvalue weighted by Gasteiger charge is -2.02. The van der Waals surface area contributed by atoms with E-state index in [0.29, 0.717) is 18.3 Å². The number of aromatic nitrogens is 4. The van der Waals surface area contributed by atoms with Crippen LogP contribution in [0.15, 0.2) is 12.4 Å². The minimum Gasteiger partial charge on any atom is -0.476 e. The van der Waals surface area contributed by atoms with Crippen LogP contribution in [0.2, 0.25) is 0 Å². The summed E-state index contributed by atoms with van der Waals surface area (Å²) in [4.78, 5) is 18.3. The highest BCUT2D eigenvalue weighted by molar-refractivity contribution is 7.11. The minimum absolute atomic E-state index is 0.0800. The zero-order valence-electron chi connectivity index (χ0n) is 10.5. The molecule has 0 fully saturated rings. The molecule has 0 atom stereocenters. The first-order valence-corrected chi connectivity index (χ1v) is 6.49. The maximum absolute atomic E-state index is 10.6. The van der Waals surface area contributed by atoms with E-state index < -0.39 is 5.97 Å². The van der Waals surface area contributed by atoms with E-state index in [1.807, 2.05) is 0 Å². The second kappa shape index (κ2) is 5.70. The maximum Gasteiger partial charge on any atom is 0.356 e. The van der Waals surface area contributed by atoms with Gasteiger partial charge in [0.05, 0.1) is 18.9 Å². The van der Waals surface area contributed by atoms with Crippen molar-refractivity contribution in [3.63, 3.8) is 0 Å². The van der Waals surface area contributed by atoms with Gasteiger partial charge in [0, 0.05) is 5.92 Å². The first-order valence-electron chi connectivity index (χ1n) is 5.67. The Morgan fingerprint density at radius 1 is 1.37 bits per heavy atom. The molecular weight excluding hydrogens is 266 g/mol. The predicted molar refractivity (Wildman–Crippen MR) is 70.3 cm³/mol. The van der Waals surface area contributed by atoms with Gasteiger partial charge in [-0.1, -0.05) is 25.2 Å². The van der Waals surface area contributed by atoms with Gasteiger partial charge >= 0.3 is 5.97 Å². The monoisotopic (exact) mass is 279 g/mol. The Hall–Kier alpha value is -2.09. The Balaban J connectivity index is 1.96. The van der Waals surface area contributed by atoms with Crippen LogP contribution in [0.3, 0.4) is 0 Å². The van der Waals surface area contributed by atoms with Crippen molar-refractivity contribution in [3.05, 3.63) is 28.1 Å². The van der Waals surface area contributed by atoms with Gasteiger partial charge in [0.25, 0.3) is 0 Å². The average molecular weight is 279 g/mol. The summed E-state index contributed by atoms with van der Waals surface area (Å²) in [6, 6.07) is 0. The molecule has 19 heavy (non-hydrogen) atoms. The van der Waals surface area contributed by atoms with Crippen LogP contribution < -0.4 is 5.32 Å². The van der Waals surface area contributed by atoms with Crippen LogP contribution in [-0.4, -0.2) is 31.2 Å². The molecule has 7 nitrogen and oxygen atoms in total. The van der Waals surface area contributed by atoms with Gasteiger partial charge < -0.3 is 10.4 Å². The second-order valence-corrected chi connectivity index (χ2v) is 5.23. The number of nitrogens with zero attached hydrogens (tertiary/aromatic N) is 4. The lowest BCUT2D eigenvalue weighted by atomic mass is 10.2. The van der Waals surface area contributed by atoms with E-state index in [-0.39, 0.29) is 5.69 Å². The van der Waals surface area contributed by atoms with Crippen LogP contribution in [0.5, 0.6) is 0 Å². The van der Waals surface area contributed by atoms with E-state index in [2.05, 4.69) is 39.3 Å².